The summed E-state index contributed by atoms with van der Waals surface area (Å²) in [6.45, 7) is 0. The van der Waals surface area contributed by atoms with Gasteiger partial charge >= 0.3 is 0 Å². The Morgan fingerprint density at radius 2 is 1.89 bits per heavy atom. The van der Waals surface area contributed by atoms with E-state index in [0.717, 1.165) is 0 Å². The predicted octanol–water partition coefficient (Wildman–Crippen LogP) is 3.42. The highest BCUT2D eigenvalue weighted by atomic mass is 79.9. The molecule has 4 N–H and O–H groups in total. The first kappa shape index (κ1) is 13.9. The van der Waals surface area contributed by atoms with Crippen molar-refractivity contribution in [2.24, 2.45) is 5.73 Å². The van der Waals surface area contributed by atoms with E-state index in [1.165, 1.54) is 17.8 Å². The molecule has 0 saturated carbocycles. The van der Waals surface area contributed by atoms with E-state index in [9.17, 15) is 9.18 Å². The molecule has 19 heavy (non-hydrogen) atoms. The van der Waals surface area contributed by atoms with Gasteiger partial charge in [0.25, 0.3) is 5.91 Å². The lowest BCUT2D eigenvalue weighted by molar-refractivity contribution is 0.100. The lowest BCUT2D eigenvalue weighted by atomic mass is 10.2. The zero-order valence-corrected chi connectivity index (χ0v) is 12.1. The van der Waals surface area contributed by atoms with E-state index in [1.807, 2.05) is 0 Å². The quantitative estimate of drug-likeness (QED) is 0.841. The first-order valence-corrected chi connectivity index (χ1v) is 6.91. The van der Waals surface area contributed by atoms with Crippen LogP contribution in [0, 0.1) is 5.82 Å². The van der Waals surface area contributed by atoms with Crippen LogP contribution < -0.4 is 11.5 Å². The highest BCUT2D eigenvalue weighted by Gasteiger charge is 2.13. The van der Waals surface area contributed by atoms with Gasteiger partial charge in [-0.05, 0) is 40.2 Å². The zero-order chi connectivity index (χ0) is 14.0. The van der Waals surface area contributed by atoms with E-state index in [-0.39, 0.29) is 17.1 Å². The SMILES string of the molecule is NC(=O)c1cc(Sc2ccccc2F)c(Br)cc1N. The summed E-state index contributed by atoms with van der Waals surface area (Å²) in [6.07, 6.45) is 0. The highest BCUT2D eigenvalue weighted by molar-refractivity contribution is 9.10. The molecule has 98 valence electrons. The Morgan fingerprint density at radius 3 is 2.53 bits per heavy atom. The number of nitrogens with two attached hydrogens (primary N) is 2. The number of carbonyl (C=O) groups is 1. The van der Waals surface area contributed by atoms with Gasteiger partial charge < -0.3 is 11.5 Å². The van der Waals surface area contributed by atoms with Crippen LogP contribution in [0.25, 0.3) is 0 Å². The van der Waals surface area contributed by atoms with Gasteiger partial charge in [-0.2, -0.15) is 0 Å². The molecule has 0 atom stereocenters. The second kappa shape index (κ2) is 5.63. The summed E-state index contributed by atoms with van der Waals surface area (Å²) in [5, 5.41) is 0. The van der Waals surface area contributed by atoms with Gasteiger partial charge in [0.05, 0.1) is 5.56 Å². The van der Waals surface area contributed by atoms with Crippen molar-refractivity contribution in [3.05, 3.63) is 52.3 Å². The molecule has 0 saturated heterocycles. The van der Waals surface area contributed by atoms with Crippen LogP contribution >= 0.6 is 27.7 Å². The Labute approximate surface area is 122 Å². The maximum absolute atomic E-state index is 13.6. The number of amides is 1. The molecule has 0 aromatic heterocycles. The molecule has 2 rings (SSSR count). The standard InChI is InChI=1S/C13H10BrFN2OS/c14-8-6-10(16)7(13(17)18)5-12(8)19-11-4-2-1-3-9(11)15/h1-6H,16H2,(H2,17,18). The van der Waals surface area contributed by atoms with E-state index in [2.05, 4.69) is 15.9 Å². The normalized spacial score (nSPS) is 10.4. The second-order valence-electron chi connectivity index (χ2n) is 3.77. The van der Waals surface area contributed by atoms with E-state index in [1.54, 1.807) is 30.3 Å². The summed E-state index contributed by atoms with van der Waals surface area (Å²) in [4.78, 5) is 12.4. The minimum atomic E-state index is -0.611. The van der Waals surface area contributed by atoms with Crippen molar-refractivity contribution in [1.29, 1.82) is 0 Å². The molecule has 3 nitrogen and oxygen atoms in total. The minimum Gasteiger partial charge on any atom is -0.398 e. The Balaban J connectivity index is 2.43. The summed E-state index contributed by atoms with van der Waals surface area (Å²) in [5.74, 6) is -0.933. The summed E-state index contributed by atoms with van der Waals surface area (Å²) < 4.78 is 14.3. The van der Waals surface area contributed by atoms with Gasteiger partial charge in [-0.15, -0.1) is 0 Å². The van der Waals surface area contributed by atoms with Crippen molar-refractivity contribution in [3.8, 4) is 0 Å². The van der Waals surface area contributed by atoms with Crippen molar-refractivity contribution in [2.75, 3.05) is 5.73 Å². The van der Waals surface area contributed by atoms with Gasteiger partial charge in [0, 0.05) is 20.0 Å². The average Bonchev–Trinajstić information content (AvgIpc) is 2.34. The molecule has 0 heterocycles. The molecule has 0 unspecified atom stereocenters. The van der Waals surface area contributed by atoms with Crippen molar-refractivity contribution in [2.45, 2.75) is 9.79 Å². The van der Waals surface area contributed by atoms with Crippen molar-refractivity contribution < 1.29 is 9.18 Å². The average molecular weight is 341 g/mol. The molecule has 0 fully saturated rings. The Bertz CT molecular complexity index is 649. The topological polar surface area (TPSA) is 69.1 Å². The van der Waals surface area contributed by atoms with Gasteiger partial charge in [-0.3, -0.25) is 4.79 Å². The summed E-state index contributed by atoms with van der Waals surface area (Å²) in [6, 6.07) is 9.54. The van der Waals surface area contributed by atoms with Gasteiger partial charge in [-0.25, -0.2) is 4.39 Å². The Kier molecular flexibility index (Phi) is 4.11. The maximum Gasteiger partial charge on any atom is 0.250 e. The lowest BCUT2D eigenvalue weighted by Crippen LogP contribution is -2.13. The minimum absolute atomic E-state index is 0.224. The van der Waals surface area contributed by atoms with Gasteiger partial charge in [0.1, 0.15) is 5.82 Å². The number of rotatable bonds is 3. The number of carbonyl (C=O) groups excluding carboxylic acids is 1. The molecule has 0 radical (unpaired) electrons. The molecule has 0 aliphatic rings. The lowest BCUT2D eigenvalue weighted by Gasteiger charge is -2.09. The van der Waals surface area contributed by atoms with Crippen molar-refractivity contribution in [3.63, 3.8) is 0 Å². The number of anilines is 1. The van der Waals surface area contributed by atoms with Gasteiger partial charge in [-0.1, -0.05) is 23.9 Å². The number of halogens is 2. The number of nitrogen functional groups attached to an aromatic ring is 1. The molecule has 6 heteroatoms. The van der Waals surface area contributed by atoms with Crippen LogP contribution in [0.5, 0.6) is 0 Å². The predicted molar refractivity (Wildman–Crippen MR) is 77.6 cm³/mol. The van der Waals surface area contributed by atoms with Gasteiger partial charge in [0.2, 0.25) is 0 Å². The third-order valence-corrected chi connectivity index (χ3v) is 4.45. The van der Waals surface area contributed by atoms with E-state index in [4.69, 9.17) is 11.5 Å². The number of primary amides is 1. The molecule has 0 aliphatic heterocycles. The van der Waals surface area contributed by atoms with Crippen LogP contribution in [0.15, 0.2) is 50.7 Å². The smallest absolute Gasteiger partial charge is 0.250 e. The maximum atomic E-state index is 13.6. The first-order chi connectivity index (χ1) is 8.99. The van der Waals surface area contributed by atoms with Crippen molar-refractivity contribution >= 4 is 39.3 Å². The number of hydrogen-bond acceptors (Lipinski definition) is 3. The van der Waals surface area contributed by atoms with Crippen LogP contribution in [0.2, 0.25) is 0 Å². The largest absolute Gasteiger partial charge is 0.398 e. The summed E-state index contributed by atoms with van der Waals surface area (Å²) in [5.41, 5.74) is 11.5. The summed E-state index contributed by atoms with van der Waals surface area (Å²) >= 11 is 4.53. The molecule has 0 spiro atoms. The molecule has 1 amide bonds. The van der Waals surface area contributed by atoms with Crippen LogP contribution in [0.3, 0.4) is 0 Å². The fraction of sp³-hybridized carbons (Fsp3) is 0. The number of benzene rings is 2. The monoisotopic (exact) mass is 340 g/mol. The Morgan fingerprint density at radius 1 is 1.21 bits per heavy atom. The zero-order valence-electron chi connectivity index (χ0n) is 9.69. The van der Waals surface area contributed by atoms with E-state index in [0.29, 0.717) is 14.3 Å². The number of hydrogen-bond donors (Lipinski definition) is 2. The molecule has 2 aromatic rings. The van der Waals surface area contributed by atoms with Crippen LogP contribution in [0.1, 0.15) is 10.4 Å². The van der Waals surface area contributed by atoms with Crippen LogP contribution in [-0.4, -0.2) is 5.91 Å². The third-order valence-electron chi connectivity index (χ3n) is 2.43. The third kappa shape index (κ3) is 3.08. The highest BCUT2D eigenvalue weighted by Crippen LogP contribution is 2.37. The summed E-state index contributed by atoms with van der Waals surface area (Å²) in [7, 11) is 0. The fourth-order valence-corrected chi connectivity index (χ4v) is 2.99. The van der Waals surface area contributed by atoms with Gasteiger partial charge in [0.15, 0.2) is 0 Å². The molecule has 0 aliphatic carbocycles. The van der Waals surface area contributed by atoms with Crippen LogP contribution in [0.4, 0.5) is 10.1 Å². The molecular weight excluding hydrogens is 331 g/mol. The van der Waals surface area contributed by atoms with Crippen LogP contribution in [-0.2, 0) is 0 Å². The van der Waals surface area contributed by atoms with E-state index < -0.39 is 5.91 Å². The molecule has 0 bridgehead atoms. The van der Waals surface area contributed by atoms with E-state index >= 15 is 0 Å². The second-order valence-corrected chi connectivity index (χ2v) is 5.70. The first-order valence-electron chi connectivity index (χ1n) is 5.30. The molecular formula is C13H10BrFN2OS. The molecule has 2 aromatic carbocycles. The fourth-order valence-electron chi connectivity index (χ4n) is 1.51. The van der Waals surface area contributed by atoms with Crippen molar-refractivity contribution in [1.82, 2.24) is 0 Å². The Hall–Kier alpha value is -1.53.